The first-order valence-corrected chi connectivity index (χ1v) is 9.01. The molecule has 26 heavy (non-hydrogen) atoms. The second-order valence-corrected chi connectivity index (χ2v) is 7.34. The Hall–Kier alpha value is -2.74. The molecule has 0 saturated heterocycles. The first-order chi connectivity index (χ1) is 12.3. The van der Waals surface area contributed by atoms with Crippen LogP contribution >= 0.6 is 11.8 Å². The minimum Gasteiger partial charge on any atom is -0.325 e. The molecule has 1 aromatic carbocycles. The summed E-state index contributed by atoms with van der Waals surface area (Å²) in [5, 5.41) is 7.35. The lowest BCUT2D eigenvalue weighted by Crippen LogP contribution is -2.22. The molecule has 2 heterocycles. The number of ketones is 1. The number of Topliss-reactive ketones (excluding diaryl/α,β-unsaturated/α-hetero) is 1. The number of benzene rings is 1. The van der Waals surface area contributed by atoms with Gasteiger partial charge in [0.05, 0.1) is 5.25 Å². The van der Waals surface area contributed by atoms with Crippen molar-refractivity contribution in [2.75, 3.05) is 5.32 Å². The van der Waals surface area contributed by atoms with Gasteiger partial charge in [-0.15, -0.1) is 5.10 Å². The number of hydrogen-bond acceptors (Lipinski definition) is 6. The van der Waals surface area contributed by atoms with Crippen LogP contribution in [-0.4, -0.2) is 36.5 Å². The molecule has 0 radical (unpaired) electrons. The van der Waals surface area contributed by atoms with E-state index < -0.39 is 0 Å². The molecule has 3 rings (SSSR count). The molecule has 3 aromatic rings. The normalized spacial score (nSPS) is 12.2. The molecule has 2 aromatic heterocycles. The summed E-state index contributed by atoms with van der Waals surface area (Å²) in [6.45, 7) is 7.14. The van der Waals surface area contributed by atoms with Gasteiger partial charge in [0.25, 0.3) is 5.78 Å². The quantitative estimate of drug-likeness (QED) is 0.549. The fourth-order valence-electron chi connectivity index (χ4n) is 2.44. The molecule has 134 valence electrons. The third-order valence-corrected chi connectivity index (χ3v) is 4.76. The predicted octanol–water partition coefficient (Wildman–Crippen LogP) is 3.06. The second kappa shape index (κ2) is 7.25. The highest BCUT2D eigenvalue weighted by Crippen LogP contribution is 2.22. The zero-order valence-electron chi connectivity index (χ0n) is 15.0. The van der Waals surface area contributed by atoms with E-state index in [0.717, 1.165) is 11.4 Å². The van der Waals surface area contributed by atoms with Crippen molar-refractivity contribution in [2.24, 2.45) is 0 Å². The molecule has 0 aliphatic rings. The van der Waals surface area contributed by atoms with E-state index >= 15 is 0 Å². The van der Waals surface area contributed by atoms with Crippen molar-refractivity contribution in [1.29, 1.82) is 0 Å². The predicted molar refractivity (Wildman–Crippen MR) is 101 cm³/mol. The van der Waals surface area contributed by atoms with Crippen LogP contribution in [0.1, 0.15) is 35.6 Å². The van der Waals surface area contributed by atoms with Gasteiger partial charge in [0.15, 0.2) is 5.78 Å². The van der Waals surface area contributed by atoms with Gasteiger partial charge >= 0.3 is 0 Å². The number of nitrogens with one attached hydrogen (secondary N) is 1. The molecular formula is C18H19N5O2S. The number of amides is 1. The van der Waals surface area contributed by atoms with Crippen molar-refractivity contribution in [2.45, 2.75) is 38.1 Å². The number of anilines is 1. The molecule has 1 atom stereocenters. The largest absolute Gasteiger partial charge is 0.325 e. The summed E-state index contributed by atoms with van der Waals surface area (Å²) in [6.07, 6.45) is 0. The lowest BCUT2D eigenvalue weighted by Gasteiger charge is -2.10. The molecule has 0 aliphatic carbocycles. The van der Waals surface area contributed by atoms with Gasteiger partial charge in [-0.25, -0.2) is 9.50 Å². The van der Waals surface area contributed by atoms with Gasteiger partial charge < -0.3 is 5.32 Å². The molecular weight excluding hydrogens is 350 g/mol. The maximum absolute atomic E-state index is 12.4. The van der Waals surface area contributed by atoms with Crippen molar-refractivity contribution >= 4 is 34.9 Å². The molecule has 0 spiro atoms. The topological polar surface area (TPSA) is 89.2 Å². The highest BCUT2D eigenvalue weighted by atomic mass is 32.2. The van der Waals surface area contributed by atoms with Crippen LogP contribution in [0.25, 0.3) is 5.78 Å². The number of thioether (sulfide) groups is 1. The van der Waals surface area contributed by atoms with E-state index in [1.54, 1.807) is 35.7 Å². The Kier molecular flexibility index (Phi) is 5.03. The Morgan fingerprint density at radius 2 is 1.85 bits per heavy atom. The zero-order chi connectivity index (χ0) is 18.8. The number of aryl methyl sites for hydroxylation is 2. The standard InChI is InChI=1S/C18H19N5O2S/c1-10-9-11(2)23-17(19-10)21-18(22-23)26-13(4)16(25)20-15-7-5-14(6-8-15)12(3)24/h5-9,13H,1-4H3,(H,20,25). The number of carbonyl (C=O) groups is 2. The summed E-state index contributed by atoms with van der Waals surface area (Å²) in [5.74, 6) is 0.353. The molecule has 0 saturated carbocycles. The van der Waals surface area contributed by atoms with Crippen LogP contribution in [0, 0.1) is 13.8 Å². The van der Waals surface area contributed by atoms with Crippen molar-refractivity contribution in [3.8, 4) is 0 Å². The first-order valence-electron chi connectivity index (χ1n) is 8.13. The maximum atomic E-state index is 12.4. The Bertz CT molecular complexity index is 981. The Balaban J connectivity index is 1.69. The van der Waals surface area contributed by atoms with Gasteiger partial charge in [-0.3, -0.25) is 9.59 Å². The molecule has 1 amide bonds. The summed E-state index contributed by atoms with van der Waals surface area (Å²) in [7, 11) is 0. The van der Waals surface area contributed by atoms with Crippen molar-refractivity contribution in [1.82, 2.24) is 19.6 Å². The van der Waals surface area contributed by atoms with E-state index in [1.165, 1.54) is 18.7 Å². The van der Waals surface area contributed by atoms with E-state index in [2.05, 4.69) is 20.4 Å². The average Bonchev–Trinajstić information content (AvgIpc) is 2.97. The molecule has 8 heteroatoms. The van der Waals surface area contributed by atoms with E-state index in [4.69, 9.17) is 0 Å². The maximum Gasteiger partial charge on any atom is 0.253 e. The number of hydrogen-bond donors (Lipinski definition) is 1. The van der Waals surface area contributed by atoms with Crippen LogP contribution in [0.2, 0.25) is 0 Å². The summed E-state index contributed by atoms with van der Waals surface area (Å²) in [4.78, 5) is 32.4. The van der Waals surface area contributed by atoms with Gasteiger partial charge in [0, 0.05) is 22.6 Å². The lowest BCUT2D eigenvalue weighted by molar-refractivity contribution is -0.115. The van der Waals surface area contributed by atoms with Crippen LogP contribution in [-0.2, 0) is 4.79 Å². The second-order valence-electron chi connectivity index (χ2n) is 6.03. The summed E-state index contributed by atoms with van der Waals surface area (Å²) < 4.78 is 1.67. The number of carbonyl (C=O) groups excluding carboxylic acids is 2. The third-order valence-electron chi connectivity index (χ3n) is 3.81. The SMILES string of the molecule is CC(=O)c1ccc(NC(=O)C(C)Sc2nc3nc(C)cc(C)n3n2)cc1. The Morgan fingerprint density at radius 3 is 2.50 bits per heavy atom. The minimum atomic E-state index is -0.388. The fraction of sp³-hybridized carbons (Fsp3) is 0.278. The fourth-order valence-corrected chi connectivity index (χ4v) is 3.19. The minimum absolute atomic E-state index is 0.0103. The van der Waals surface area contributed by atoms with Crippen LogP contribution in [0.15, 0.2) is 35.5 Å². The van der Waals surface area contributed by atoms with Gasteiger partial charge in [-0.1, -0.05) is 11.8 Å². The Labute approximate surface area is 155 Å². The number of nitrogens with zero attached hydrogens (tertiary/aromatic N) is 4. The lowest BCUT2D eigenvalue weighted by atomic mass is 10.1. The van der Waals surface area contributed by atoms with Crippen LogP contribution < -0.4 is 5.32 Å². The summed E-state index contributed by atoms with van der Waals surface area (Å²) in [6, 6.07) is 8.74. The van der Waals surface area contributed by atoms with Gasteiger partial charge in [0.1, 0.15) is 0 Å². The molecule has 1 N–H and O–H groups in total. The highest BCUT2D eigenvalue weighted by molar-refractivity contribution is 8.00. The van der Waals surface area contributed by atoms with Crippen molar-refractivity contribution in [3.63, 3.8) is 0 Å². The van der Waals surface area contributed by atoms with Crippen molar-refractivity contribution < 1.29 is 9.59 Å². The molecule has 7 nitrogen and oxygen atoms in total. The molecule has 1 unspecified atom stereocenters. The summed E-state index contributed by atoms with van der Waals surface area (Å²) in [5.41, 5.74) is 3.06. The van der Waals surface area contributed by atoms with E-state index in [0.29, 0.717) is 22.2 Å². The van der Waals surface area contributed by atoms with Gasteiger partial charge in [0.2, 0.25) is 11.1 Å². The molecule has 0 fully saturated rings. The Morgan fingerprint density at radius 1 is 1.15 bits per heavy atom. The van der Waals surface area contributed by atoms with E-state index in [1.807, 2.05) is 19.9 Å². The van der Waals surface area contributed by atoms with Crippen LogP contribution in [0.4, 0.5) is 5.69 Å². The molecule has 0 aliphatic heterocycles. The van der Waals surface area contributed by atoms with Crippen molar-refractivity contribution in [3.05, 3.63) is 47.3 Å². The van der Waals surface area contributed by atoms with E-state index in [-0.39, 0.29) is 16.9 Å². The monoisotopic (exact) mass is 369 g/mol. The number of aromatic nitrogens is 4. The molecule has 0 bridgehead atoms. The van der Waals surface area contributed by atoms with Crippen LogP contribution in [0.3, 0.4) is 0 Å². The number of fused-ring (bicyclic) bond motifs is 1. The smallest absolute Gasteiger partial charge is 0.253 e. The van der Waals surface area contributed by atoms with Gasteiger partial charge in [-0.2, -0.15) is 4.98 Å². The van der Waals surface area contributed by atoms with Gasteiger partial charge in [-0.05, 0) is 58.0 Å². The number of rotatable bonds is 5. The highest BCUT2D eigenvalue weighted by Gasteiger charge is 2.18. The summed E-state index contributed by atoms with van der Waals surface area (Å²) >= 11 is 1.27. The van der Waals surface area contributed by atoms with Crippen LogP contribution in [0.5, 0.6) is 0 Å². The average molecular weight is 369 g/mol. The third kappa shape index (κ3) is 3.91. The van der Waals surface area contributed by atoms with E-state index in [9.17, 15) is 9.59 Å². The zero-order valence-corrected chi connectivity index (χ0v) is 15.8. The first kappa shape index (κ1) is 18.1.